The zero-order valence-corrected chi connectivity index (χ0v) is 13.5. The molecule has 0 unspecified atom stereocenters. The molecule has 2 aromatic heterocycles. The maximum absolute atomic E-state index is 12.6. The molecule has 0 bridgehead atoms. The van der Waals surface area contributed by atoms with Crippen molar-refractivity contribution in [2.24, 2.45) is 13.0 Å². The second kappa shape index (κ2) is 5.98. The third-order valence-corrected chi connectivity index (χ3v) is 4.80. The van der Waals surface area contributed by atoms with Crippen LogP contribution in [0.15, 0.2) is 29.7 Å². The minimum absolute atomic E-state index is 0.0684. The van der Waals surface area contributed by atoms with E-state index in [2.05, 4.69) is 14.8 Å². The molecule has 2 heterocycles. The summed E-state index contributed by atoms with van der Waals surface area (Å²) in [5, 5.41) is 4.18. The molecule has 0 aromatic carbocycles. The van der Waals surface area contributed by atoms with Crippen LogP contribution < -0.4 is 4.72 Å². The van der Waals surface area contributed by atoms with Crippen molar-refractivity contribution < 1.29 is 8.42 Å². The molecule has 116 valence electrons. The van der Waals surface area contributed by atoms with E-state index in [1.54, 1.807) is 12.4 Å². The van der Waals surface area contributed by atoms with E-state index in [4.69, 9.17) is 0 Å². The van der Waals surface area contributed by atoms with Crippen molar-refractivity contribution in [1.29, 1.82) is 0 Å². The van der Waals surface area contributed by atoms with Gasteiger partial charge in [0.2, 0.25) is 0 Å². The zero-order valence-electron chi connectivity index (χ0n) is 12.7. The first kappa shape index (κ1) is 15.7. The fraction of sp³-hybridized carbons (Fsp3) is 0.538. The molecular formula is C13H21N5O2S. The Morgan fingerprint density at radius 1 is 1.33 bits per heavy atom. The van der Waals surface area contributed by atoms with Gasteiger partial charge in [-0.2, -0.15) is 9.82 Å². The number of nitrogens with zero attached hydrogens (tertiary/aromatic N) is 4. The smallest absolute Gasteiger partial charge is 0.258 e. The molecule has 2 aromatic rings. The lowest BCUT2D eigenvalue weighted by atomic mass is 10.1. The number of hydrogen-bond donors (Lipinski definition) is 1. The van der Waals surface area contributed by atoms with Gasteiger partial charge in [0.1, 0.15) is 5.82 Å². The van der Waals surface area contributed by atoms with Crippen LogP contribution in [0.1, 0.15) is 32.6 Å². The summed E-state index contributed by atoms with van der Waals surface area (Å²) in [6.45, 7) is 6.26. The van der Waals surface area contributed by atoms with E-state index in [1.165, 1.54) is 16.9 Å². The van der Waals surface area contributed by atoms with Crippen LogP contribution in [-0.4, -0.2) is 27.7 Å². The molecule has 0 saturated carbocycles. The van der Waals surface area contributed by atoms with Gasteiger partial charge >= 0.3 is 0 Å². The molecule has 0 spiro atoms. The molecule has 1 N–H and O–H groups in total. The summed E-state index contributed by atoms with van der Waals surface area (Å²) in [4.78, 5) is 4.26. The van der Waals surface area contributed by atoms with Gasteiger partial charge < -0.3 is 4.57 Å². The average molecular weight is 311 g/mol. The molecule has 1 atom stereocenters. The quantitative estimate of drug-likeness (QED) is 0.872. The molecule has 0 radical (unpaired) electrons. The lowest BCUT2D eigenvalue weighted by Crippen LogP contribution is -2.34. The highest BCUT2D eigenvalue weighted by molar-refractivity contribution is 7.89. The summed E-state index contributed by atoms with van der Waals surface area (Å²) in [6.07, 6.45) is 4.95. The highest BCUT2D eigenvalue weighted by Gasteiger charge is 2.28. The minimum atomic E-state index is -3.65. The van der Waals surface area contributed by atoms with Crippen molar-refractivity contribution >= 4 is 10.0 Å². The van der Waals surface area contributed by atoms with Crippen LogP contribution in [-0.2, 0) is 23.6 Å². The van der Waals surface area contributed by atoms with E-state index in [1.807, 2.05) is 32.4 Å². The highest BCUT2D eigenvalue weighted by atomic mass is 32.2. The topological polar surface area (TPSA) is 81.8 Å². The fourth-order valence-corrected chi connectivity index (χ4v) is 3.70. The first-order valence-corrected chi connectivity index (χ1v) is 8.36. The van der Waals surface area contributed by atoms with Crippen LogP contribution in [0.4, 0.5) is 0 Å². The first-order valence-electron chi connectivity index (χ1n) is 6.88. The van der Waals surface area contributed by atoms with Gasteiger partial charge in [0, 0.05) is 26.0 Å². The Morgan fingerprint density at radius 2 is 2.05 bits per heavy atom. The first-order chi connectivity index (χ1) is 9.86. The van der Waals surface area contributed by atoms with E-state index < -0.39 is 16.1 Å². The van der Waals surface area contributed by atoms with Gasteiger partial charge in [-0.15, -0.1) is 0 Å². The largest absolute Gasteiger partial charge is 0.337 e. The number of hydrogen-bond acceptors (Lipinski definition) is 4. The normalized spacial score (nSPS) is 13.8. The second-order valence-electron chi connectivity index (χ2n) is 5.22. The van der Waals surface area contributed by atoms with E-state index in [0.29, 0.717) is 12.4 Å². The Kier molecular flexibility index (Phi) is 4.48. The summed E-state index contributed by atoms with van der Waals surface area (Å²) in [6, 6.07) is 1.11. The molecular weight excluding hydrogens is 290 g/mol. The maximum atomic E-state index is 12.6. The van der Waals surface area contributed by atoms with E-state index in [-0.39, 0.29) is 10.9 Å². The predicted octanol–water partition coefficient (Wildman–Crippen LogP) is 1.31. The fourth-order valence-electron chi connectivity index (χ4n) is 2.18. The van der Waals surface area contributed by atoms with Gasteiger partial charge in [0.15, 0.2) is 5.03 Å². The van der Waals surface area contributed by atoms with Crippen LogP contribution in [0, 0.1) is 5.92 Å². The van der Waals surface area contributed by atoms with Crippen molar-refractivity contribution in [2.45, 2.75) is 38.4 Å². The molecule has 0 aliphatic rings. The van der Waals surface area contributed by atoms with Gasteiger partial charge in [0.25, 0.3) is 10.0 Å². The minimum Gasteiger partial charge on any atom is -0.337 e. The van der Waals surface area contributed by atoms with Crippen LogP contribution >= 0.6 is 0 Å². The van der Waals surface area contributed by atoms with Crippen LogP contribution in [0.5, 0.6) is 0 Å². The summed E-state index contributed by atoms with van der Waals surface area (Å²) in [7, 11) is -1.80. The van der Waals surface area contributed by atoms with Gasteiger partial charge in [-0.1, -0.05) is 13.8 Å². The summed E-state index contributed by atoms with van der Waals surface area (Å²) >= 11 is 0. The number of aromatic nitrogens is 4. The van der Waals surface area contributed by atoms with Crippen LogP contribution in [0.2, 0.25) is 0 Å². The Morgan fingerprint density at radius 3 is 2.57 bits per heavy atom. The van der Waals surface area contributed by atoms with Gasteiger partial charge in [-0.3, -0.25) is 4.68 Å². The SMILES string of the molecule is CCn1nccc1S(=O)(=O)N[C@H](c1nccn1C)C(C)C. The van der Waals surface area contributed by atoms with Crippen molar-refractivity contribution in [3.8, 4) is 0 Å². The van der Waals surface area contributed by atoms with Crippen molar-refractivity contribution in [1.82, 2.24) is 24.1 Å². The molecule has 21 heavy (non-hydrogen) atoms. The molecule has 0 saturated heterocycles. The molecule has 2 rings (SSSR count). The molecule has 0 fully saturated rings. The highest BCUT2D eigenvalue weighted by Crippen LogP contribution is 2.22. The lowest BCUT2D eigenvalue weighted by Gasteiger charge is -2.22. The summed E-state index contributed by atoms with van der Waals surface area (Å²) in [5.74, 6) is 0.759. The predicted molar refractivity (Wildman–Crippen MR) is 79.0 cm³/mol. The second-order valence-corrected chi connectivity index (χ2v) is 6.89. The van der Waals surface area contributed by atoms with E-state index in [0.717, 1.165) is 0 Å². The number of aryl methyl sites for hydroxylation is 2. The molecule has 0 amide bonds. The number of nitrogens with one attached hydrogen (secondary N) is 1. The summed E-state index contributed by atoms with van der Waals surface area (Å²) < 4.78 is 31.2. The Balaban J connectivity index is 2.35. The van der Waals surface area contributed by atoms with Crippen LogP contribution in [0.25, 0.3) is 0 Å². The van der Waals surface area contributed by atoms with Gasteiger partial charge in [-0.05, 0) is 18.9 Å². The van der Waals surface area contributed by atoms with Crippen molar-refractivity contribution in [2.75, 3.05) is 0 Å². The van der Waals surface area contributed by atoms with E-state index in [9.17, 15) is 8.42 Å². The number of rotatable bonds is 6. The molecule has 8 heteroatoms. The van der Waals surface area contributed by atoms with E-state index >= 15 is 0 Å². The number of sulfonamides is 1. The standard InChI is InChI=1S/C13H21N5O2S/c1-5-18-11(6-7-15-18)21(19,20)16-12(10(2)3)13-14-8-9-17(13)4/h6-10,12,16H,5H2,1-4H3/t12-/m0/s1. The lowest BCUT2D eigenvalue weighted by molar-refractivity contribution is 0.431. The summed E-state index contributed by atoms with van der Waals surface area (Å²) in [5.41, 5.74) is 0. The maximum Gasteiger partial charge on any atom is 0.258 e. The van der Waals surface area contributed by atoms with Crippen LogP contribution in [0.3, 0.4) is 0 Å². The third kappa shape index (κ3) is 3.16. The molecule has 7 nitrogen and oxygen atoms in total. The monoisotopic (exact) mass is 311 g/mol. The number of imidazole rings is 1. The Bertz CT molecular complexity index is 702. The zero-order chi connectivity index (χ0) is 15.6. The Labute approximate surface area is 125 Å². The van der Waals surface area contributed by atoms with Gasteiger partial charge in [-0.25, -0.2) is 13.4 Å². The van der Waals surface area contributed by atoms with Gasteiger partial charge in [0.05, 0.1) is 12.2 Å². The molecule has 0 aliphatic carbocycles. The molecule has 0 aliphatic heterocycles. The van der Waals surface area contributed by atoms with Crippen molar-refractivity contribution in [3.63, 3.8) is 0 Å². The third-order valence-electron chi connectivity index (χ3n) is 3.34. The Hall–Kier alpha value is -1.67. The van der Waals surface area contributed by atoms with Crippen molar-refractivity contribution in [3.05, 3.63) is 30.5 Å². The average Bonchev–Trinajstić information content (AvgIpc) is 3.04.